The highest BCUT2D eigenvalue weighted by Crippen LogP contribution is 2.34. The highest BCUT2D eigenvalue weighted by molar-refractivity contribution is 5.86. The third kappa shape index (κ3) is 2.27. The van der Waals surface area contributed by atoms with E-state index in [-0.39, 0.29) is 18.0 Å². The van der Waals surface area contributed by atoms with Gasteiger partial charge < -0.3 is 16.0 Å². The number of nitrogens with one attached hydrogen (secondary N) is 1. The van der Waals surface area contributed by atoms with Gasteiger partial charge in [0.2, 0.25) is 5.91 Å². The maximum atomic E-state index is 12.0. The molecule has 0 spiro atoms. The lowest BCUT2D eigenvalue weighted by Crippen LogP contribution is -2.43. The third-order valence-corrected chi connectivity index (χ3v) is 3.67. The van der Waals surface area contributed by atoms with Gasteiger partial charge in [0.05, 0.1) is 11.4 Å². The van der Waals surface area contributed by atoms with Crippen LogP contribution < -0.4 is 16.0 Å². The van der Waals surface area contributed by atoms with E-state index in [0.717, 1.165) is 30.9 Å². The average molecular weight is 265 g/mol. The Morgan fingerprint density at radius 1 is 1.53 bits per heavy atom. The van der Waals surface area contributed by atoms with Crippen molar-refractivity contribution in [2.24, 2.45) is 0 Å². The van der Waals surface area contributed by atoms with Crippen LogP contribution in [0.2, 0.25) is 0 Å². The van der Waals surface area contributed by atoms with Crippen molar-refractivity contribution in [3.8, 4) is 0 Å². The molecule has 1 amide bonds. The minimum absolute atomic E-state index is 0.0473. The first-order chi connectivity index (χ1) is 8.97. The molecule has 1 aliphatic rings. The number of carbonyl (C=O) groups excluding carboxylic acids is 1. The van der Waals surface area contributed by atoms with Crippen LogP contribution >= 0.6 is 0 Å². The van der Waals surface area contributed by atoms with Crippen LogP contribution in [0.5, 0.6) is 0 Å². The molecule has 1 atom stereocenters. The number of aromatic nitrogens is 2. The summed E-state index contributed by atoms with van der Waals surface area (Å²) in [6, 6.07) is 0.0813. The topological polar surface area (TPSA) is 76.2 Å². The van der Waals surface area contributed by atoms with E-state index in [9.17, 15) is 4.79 Å². The first-order valence-electron chi connectivity index (χ1n) is 6.80. The quantitative estimate of drug-likeness (QED) is 0.857. The smallest absolute Gasteiger partial charge is 0.242 e. The van der Waals surface area contributed by atoms with Crippen LogP contribution in [0.1, 0.15) is 38.4 Å². The predicted octanol–water partition coefficient (Wildman–Crippen LogP) is 1.07. The minimum Gasteiger partial charge on any atom is -0.394 e. The summed E-state index contributed by atoms with van der Waals surface area (Å²) in [5, 5.41) is 7.22. The molecule has 6 nitrogen and oxygen atoms in total. The van der Waals surface area contributed by atoms with Crippen LogP contribution in [0.25, 0.3) is 0 Å². The molecule has 2 heterocycles. The molecule has 0 saturated carbocycles. The van der Waals surface area contributed by atoms with Gasteiger partial charge in [0.15, 0.2) is 5.82 Å². The second-order valence-electron chi connectivity index (χ2n) is 5.33. The number of anilines is 2. The van der Waals surface area contributed by atoms with E-state index in [4.69, 9.17) is 5.73 Å². The van der Waals surface area contributed by atoms with Gasteiger partial charge in [-0.2, -0.15) is 5.10 Å². The van der Waals surface area contributed by atoms with Crippen molar-refractivity contribution in [3.63, 3.8) is 0 Å². The predicted molar refractivity (Wildman–Crippen MR) is 76.2 cm³/mol. The van der Waals surface area contributed by atoms with Gasteiger partial charge in [0.1, 0.15) is 6.04 Å². The second-order valence-corrected chi connectivity index (χ2v) is 5.33. The molecule has 2 rings (SSSR count). The Labute approximate surface area is 113 Å². The molecular weight excluding hydrogens is 242 g/mol. The highest BCUT2D eigenvalue weighted by Gasteiger charge is 2.34. The van der Waals surface area contributed by atoms with Crippen molar-refractivity contribution in [3.05, 3.63) is 5.69 Å². The number of nitrogen functional groups attached to an aromatic ring is 1. The summed E-state index contributed by atoms with van der Waals surface area (Å²) in [6.07, 6.45) is 1.86. The first kappa shape index (κ1) is 13.7. The minimum atomic E-state index is -0.138. The lowest BCUT2D eigenvalue weighted by Gasteiger charge is -2.27. The number of hydrogen-bond donors (Lipinski definition) is 2. The monoisotopic (exact) mass is 265 g/mol. The number of nitrogens with zero attached hydrogens (tertiary/aromatic N) is 3. The molecule has 19 heavy (non-hydrogen) atoms. The standard InChI is InChI=1S/C13H23N5O/c1-8(2)18-13(11(14)9(3)16-18)17-7-5-6-10(17)12(19)15-4/h8,10H,5-7,14H2,1-4H3,(H,15,19). The second kappa shape index (κ2) is 5.11. The molecule has 0 bridgehead atoms. The normalized spacial score (nSPS) is 19.2. The highest BCUT2D eigenvalue weighted by atomic mass is 16.2. The van der Waals surface area contributed by atoms with E-state index in [0.29, 0.717) is 5.69 Å². The van der Waals surface area contributed by atoms with Crippen LogP contribution in [0.3, 0.4) is 0 Å². The number of nitrogens with two attached hydrogens (primary N) is 1. The van der Waals surface area contributed by atoms with E-state index in [1.165, 1.54) is 0 Å². The maximum absolute atomic E-state index is 12.0. The van der Waals surface area contributed by atoms with Crippen LogP contribution in [0.15, 0.2) is 0 Å². The Morgan fingerprint density at radius 3 is 2.79 bits per heavy atom. The van der Waals surface area contributed by atoms with E-state index < -0.39 is 0 Å². The molecule has 6 heteroatoms. The molecular formula is C13H23N5O. The number of likely N-dealkylation sites (N-methyl/N-ethyl adjacent to an activating group) is 1. The molecule has 0 radical (unpaired) electrons. The average Bonchev–Trinajstić information content (AvgIpc) is 2.94. The number of carbonyl (C=O) groups is 1. The van der Waals surface area contributed by atoms with Crippen LogP contribution in [0.4, 0.5) is 11.5 Å². The molecule has 0 aliphatic carbocycles. The van der Waals surface area contributed by atoms with Gasteiger partial charge in [-0.15, -0.1) is 0 Å². The maximum Gasteiger partial charge on any atom is 0.242 e. The zero-order valence-electron chi connectivity index (χ0n) is 12.1. The fraction of sp³-hybridized carbons (Fsp3) is 0.692. The van der Waals surface area contributed by atoms with Crippen LogP contribution in [-0.4, -0.2) is 35.3 Å². The number of hydrogen-bond acceptors (Lipinski definition) is 4. The van der Waals surface area contributed by atoms with Gasteiger partial charge in [-0.25, -0.2) is 4.68 Å². The molecule has 1 saturated heterocycles. The van der Waals surface area contributed by atoms with E-state index in [1.54, 1.807) is 7.05 Å². The molecule has 1 aromatic rings. The Kier molecular flexibility index (Phi) is 3.68. The molecule has 106 valence electrons. The Hall–Kier alpha value is -1.72. The van der Waals surface area contributed by atoms with Crippen molar-refractivity contribution < 1.29 is 4.79 Å². The van der Waals surface area contributed by atoms with E-state index >= 15 is 0 Å². The number of aryl methyl sites for hydroxylation is 1. The summed E-state index contributed by atoms with van der Waals surface area (Å²) >= 11 is 0. The van der Waals surface area contributed by atoms with Crippen molar-refractivity contribution in [1.29, 1.82) is 0 Å². The van der Waals surface area contributed by atoms with Crippen LogP contribution in [-0.2, 0) is 4.79 Å². The molecule has 1 aromatic heterocycles. The Balaban J connectivity index is 2.43. The number of amides is 1. The lowest BCUT2D eigenvalue weighted by molar-refractivity contribution is -0.121. The summed E-state index contributed by atoms with van der Waals surface area (Å²) in [4.78, 5) is 14.1. The van der Waals surface area contributed by atoms with Crippen molar-refractivity contribution in [2.45, 2.75) is 45.7 Å². The summed E-state index contributed by atoms with van der Waals surface area (Å²) in [5.41, 5.74) is 7.68. The van der Waals surface area contributed by atoms with E-state index in [2.05, 4.69) is 29.2 Å². The largest absolute Gasteiger partial charge is 0.394 e. The van der Waals surface area contributed by atoms with Crippen molar-refractivity contribution in [1.82, 2.24) is 15.1 Å². The summed E-state index contributed by atoms with van der Waals surface area (Å²) in [5.74, 6) is 0.935. The van der Waals surface area contributed by atoms with Gasteiger partial charge in [0.25, 0.3) is 0 Å². The fourth-order valence-corrected chi connectivity index (χ4v) is 2.65. The number of rotatable bonds is 3. The summed E-state index contributed by atoms with van der Waals surface area (Å²) in [6.45, 7) is 6.89. The van der Waals surface area contributed by atoms with Gasteiger partial charge in [-0.05, 0) is 33.6 Å². The zero-order valence-corrected chi connectivity index (χ0v) is 12.1. The Morgan fingerprint density at radius 2 is 2.21 bits per heavy atom. The molecule has 1 aliphatic heterocycles. The van der Waals surface area contributed by atoms with Crippen molar-refractivity contribution in [2.75, 3.05) is 24.2 Å². The van der Waals surface area contributed by atoms with Crippen LogP contribution in [0, 0.1) is 6.92 Å². The van der Waals surface area contributed by atoms with Gasteiger partial charge in [-0.3, -0.25) is 4.79 Å². The summed E-state index contributed by atoms with van der Waals surface area (Å²) < 4.78 is 1.92. The van der Waals surface area contributed by atoms with Gasteiger partial charge in [-0.1, -0.05) is 0 Å². The third-order valence-electron chi connectivity index (χ3n) is 3.67. The Bertz CT molecular complexity index is 480. The summed E-state index contributed by atoms with van der Waals surface area (Å²) in [7, 11) is 1.67. The van der Waals surface area contributed by atoms with Gasteiger partial charge in [0, 0.05) is 19.6 Å². The molecule has 3 N–H and O–H groups in total. The zero-order chi connectivity index (χ0) is 14.2. The lowest BCUT2D eigenvalue weighted by atomic mass is 10.2. The van der Waals surface area contributed by atoms with Crippen molar-refractivity contribution >= 4 is 17.4 Å². The SMILES string of the molecule is CNC(=O)C1CCCN1c1c(N)c(C)nn1C(C)C. The van der Waals surface area contributed by atoms with E-state index in [1.807, 2.05) is 11.6 Å². The first-order valence-corrected chi connectivity index (χ1v) is 6.80. The molecule has 0 aromatic carbocycles. The molecule has 1 fully saturated rings. The fourth-order valence-electron chi connectivity index (χ4n) is 2.65. The van der Waals surface area contributed by atoms with Gasteiger partial charge >= 0.3 is 0 Å². The molecule has 1 unspecified atom stereocenters.